The van der Waals surface area contributed by atoms with Crippen LogP contribution in [-0.4, -0.2) is 44.4 Å². The van der Waals surface area contributed by atoms with E-state index in [-0.39, 0.29) is 6.10 Å². The Morgan fingerprint density at radius 2 is 1.85 bits per heavy atom. The van der Waals surface area contributed by atoms with Crippen molar-refractivity contribution in [1.82, 2.24) is 24.7 Å². The molecule has 0 aliphatic carbocycles. The van der Waals surface area contributed by atoms with E-state index in [2.05, 4.69) is 15.1 Å². The van der Waals surface area contributed by atoms with Crippen LogP contribution in [-0.2, 0) is 6.54 Å². The number of rotatable bonds is 3. The van der Waals surface area contributed by atoms with Gasteiger partial charge in [0.25, 0.3) is 0 Å². The van der Waals surface area contributed by atoms with Crippen LogP contribution in [0.4, 0.5) is 0 Å². The minimum atomic E-state index is -0.206. The van der Waals surface area contributed by atoms with Crippen molar-refractivity contribution in [2.75, 3.05) is 19.7 Å². The first kappa shape index (κ1) is 16.0. The van der Waals surface area contributed by atoms with Crippen LogP contribution in [0.2, 0.25) is 0 Å². The summed E-state index contributed by atoms with van der Waals surface area (Å²) in [5.74, 6) is 2.45. The molecule has 0 N–H and O–H groups in total. The SMILES string of the molecule is c1ccc2c(c1)OC[C@@H](c1nn3c(CN4CCCCCC4)nnc3s1)O2. The lowest BCUT2D eigenvalue weighted by Gasteiger charge is -2.24. The van der Waals surface area contributed by atoms with Crippen LogP contribution in [0, 0.1) is 0 Å². The zero-order valence-corrected chi connectivity index (χ0v) is 15.3. The Kier molecular flexibility index (Phi) is 4.22. The zero-order chi connectivity index (χ0) is 17.3. The lowest BCUT2D eigenvalue weighted by Crippen LogP contribution is -2.25. The van der Waals surface area contributed by atoms with E-state index in [1.54, 1.807) is 0 Å². The quantitative estimate of drug-likeness (QED) is 0.705. The maximum atomic E-state index is 6.07. The summed E-state index contributed by atoms with van der Waals surface area (Å²) in [6, 6.07) is 7.74. The lowest BCUT2D eigenvalue weighted by molar-refractivity contribution is 0.0903. The molecule has 136 valence electrons. The molecular formula is C18H21N5O2S. The minimum absolute atomic E-state index is 0.206. The Morgan fingerprint density at radius 1 is 1.04 bits per heavy atom. The van der Waals surface area contributed by atoms with Gasteiger partial charge in [-0.05, 0) is 38.1 Å². The molecule has 0 bridgehead atoms. The molecule has 2 aromatic heterocycles. The van der Waals surface area contributed by atoms with E-state index in [4.69, 9.17) is 14.6 Å². The van der Waals surface area contributed by atoms with Gasteiger partial charge < -0.3 is 9.47 Å². The summed E-state index contributed by atoms with van der Waals surface area (Å²) in [5, 5.41) is 14.3. The largest absolute Gasteiger partial charge is 0.485 e. The molecule has 2 aliphatic rings. The van der Waals surface area contributed by atoms with E-state index in [1.807, 2.05) is 28.8 Å². The number of fused-ring (bicyclic) bond motifs is 2. The molecule has 3 aromatic rings. The smallest absolute Gasteiger partial charge is 0.234 e. The molecule has 0 saturated carbocycles. The highest BCUT2D eigenvalue weighted by molar-refractivity contribution is 7.16. The van der Waals surface area contributed by atoms with E-state index in [9.17, 15) is 0 Å². The van der Waals surface area contributed by atoms with Crippen molar-refractivity contribution in [2.24, 2.45) is 0 Å². The molecule has 1 aromatic carbocycles. The van der Waals surface area contributed by atoms with E-state index in [1.165, 1.54) is 37.0 Å². The standard InChI is InChI=1S/C18H21N5O2S/c1-2-6-10-22(9-5-1)11-16-19-20-18-23(16)21-17(26-18)15-12-24-13-7-3-4-8-14(13)25-15/h3-4,7-8,15H,1-2,5-6,9-12H2/t15-/m0/s1. The first-order valence-corrected chi connectivity index (χ1v) is 10.0. The molecule has 5 rings (SSSR count). The molecule has 4 heterocycles. The summed E-state index contributed by atoms with van der Waals surface area (Å²) >= 11 is 1.52. The fraction of sp³-hybridized carbons (Fsp3) is 0.500. The van der Waals surface area contributed by atoms with Crippen molar-refractivity contribution < 1.29 is 9.47 Å². The van der Waals surface area contributed by atoms with Gasteiger partial charge in [0.15, 0.2) is 28.4 Å². The molecule has 1 saturated heterocycles. The Morgan fingerprint density at radius 3 is 2.69 bits per heavy atom. The van der Waals surface area contributed by atoms with Gasteiger partial charge in [0.2, 0.25) is 4.96 Å². The van der Waals surface area contributed by atoms with Crippen LogP contribution in [0.1, 0.15) is 42.6 Å². The highest BCUT2D eigenvalue weighted by Gasteiger charge is 2.27. The molecule has 0 radical (unpaired) electrons. The number of benzene rings is 1. The van der Waals surface area contributed by atoms with Gasteiger partial charge in [-0.2, -0.15) is 9.61 Å². The van der Waals surface area contributed by atoms with Crippen molar-refractivity contribution in [3.05, 3.63) is 35.1 Å². The third-order valence-electron chi connectivity index (χ3n) is 4.92. The Balaban J connectivity index is 1.36. The van der Waals surface area contributed by atoms with E-state index in [0.717, 1.165) is 46.9 Å². The topological polar surface area (TPSA) is 64.8 Å². The van der Waals surface area contributed by atoms with Crippen molar-refractivity contribution in [2.45, 2.75) is 38.3 Å². The lowest BCUT2D eigenvalue weighted by atomic mass is 10.2. The number of aromatic nitrogens is 4. The average Bonchev–Trinajstić information content (AvgIpc) is 3.15. The second-order valence-electron chi connectivity index (χ2n) is 6.81. The molecule has 8 heteroatoms. The van der Waals surface area contributed by atoms with Crippen LogP contribution >= 0.6 is 11.3 Å². The first-order chi connectivity index (χ1) is 12.9. The molecule has 7 nitrogen and oxygen atoms in total. The summed E-state index contributed by atoms with van der Waals surface area (Å²) in [4.78, 5) is 3.27. The number of ether oxygens (including phenoxy) is 2. The van der Waals surface area contributed by atoms with E-state index < -0.39 is 0 Å². The fourth-order valence-corrected chi connectivity index (χ4v) is 4.41. The minimum Gasteiger partial charge on any atom is -0.485 e. The third-order valence-corrected chi connectivity index (χ3v) is 5.91. The van der Waals surface area contributed by atoms with Gasteiger partial charge in [0, 0.05) is 0 Å². The van der Waals surface area contributed by atoms with Crippen molar-refractivity contribution >= 4 is 16.3 Å². The van der Waals surface area contributed by atoms with Crippen LogP contribution in [0.3, 0.4) is 0 Å². The summed E-state index contributed by atoms with van der Waals surface area (Å²) in [6.45, 7) is 3.52. The number of para-hydroxylation sites is 2. The monoisotopic (exact) mass is 371 g/mol. The van der Waals surface area contributed by atoms with Crippen LogP contribution < -0.4 is 9.47 Å². The van der Waals surface area contributed by atoms with Gasteiger partial charge in [-0.1, -0.05) is 36.3 Å². The summed E-state index contributed by atoms with van der Waals surface area (Å²) in [7, 11) is 0. The Bertz CT molecular complexity index is 900. The van der Waals surface area contributed by atoms with Gasteiger partial charge in [0.1, 0.15) is 6.61 Å². The van der Waals surface area contributed by atoms with Crippen molar-refractivity contribution in [3.8, 4) is 11.5 Å². The van der Waals surface area contributed by atoms with E-state index in [0.29, 0.717) is 6.61 Å². The molecule has 0 unspecified atom stereocenters. The second kappa shape index (κ2) is 6.85. The first-order valence-electron chi connectivity index (χ1n) is 9.19. The van der Waals surface area contributed by atoms with Gasteiger partial charge in [-0.15, -0.1) is 10.2 Å². The van der Waals surface area contributed by atoms with Gasteiger partial charge in [0.05, 0.1) is 6.54 Å². The van der Waals surface area contributed by atoms with E-state index >= 15 is 0 Å². The van der Waals surface area contributed by atoms with Crippen molar-refractivity contribution in [3.63, 3.8) is 0 Å². The molecule has 2 aliphatic heterocycles. The number of likely N-dealkylation sites (tertiary alicyclic amines) is 1. The summed E-state index contributed by atoms with van der Waals surface area (Å²) < 4.78 is 13.8. The molecular weight excluding hydrogens is 350 g/mol. The number of hydrogen-bond donors (Lipinski definition) is 0. The van der Waals surface area contributed by atoms with Crippen LogP contribution in [0.5, 0.6) is 11.5 Å². The molecule has 1 atom stereocenters. The number of nitrogens with zero attached hydrogens (tertiary/aromatic N) is 5. The fourth-order valence-electron chi connectivity index (χ4n) is 3.54. The van der Waals surface area contributed by atoms with Crippen LogP contribution in [0.25, 0.3) is 4.96 Å². The third kappa shape index (κ3) is 3.03. The molecule has 26 heavy (non-hydrogen) atoms. The Hall–Kier alpha value is -2.19. The predicted octanol–water partition coefficient (Wildman–Crippen LogP) is 3.07. The molecule has 0 spiro atoms. The Labute approximate surface area is 155 Å². The van der Waals surface area contributed by atoms with Gasteiger partial charge in [-0.3, -0.25) is 4.90 Å². The second-order valence-corrected chi connectivity index (χ2v) is 7.79. The highest BCUT2D eigenvalue weighted by atomic mass is 32.1. The number of hydrogen-bond acceptors (Lipinski definition) is 7. The van der Waals surface area contributed by atoms with Gasteiger partial charge >= 0.3 is 0 Å². The maximum Gasteiger partial charge on any atom is 0.234 e. The predicted molar refractivity (Wildman–Crippen MR) is 97.7 cm³/mol. The zero-order valence-electron chi connectivity index (χ0n) is 14.5. The summed E-state index contributed by atoms with van der Waals surface area (Å²) in [6.07, 6.45) is 4.97. The maximum absolute atomic E-state index is 6.07. The average molecular weight is 371 g/mol. The normalized spacial score (nSPS) is 21.0. The van der Waals surface area contributed by atoms with Crippen LogP contribution in [0.15, 0.2) is 24.3 Å². The molecule has 1 fully saturated rings. The summed E-state index contributed by atoms with van der Waals surface area (Å²) in [5.41, 5.74) is 0. The highest BCUT2D eigenvalue weighted by Crippen LogP contribution is 2.36. The van der Waals surface area contributed by atoms with Gasteiger partial charge in [-0.25, -0.2) is 0 Å². The van der Waals surface area contributed by atoms with Crippen molar-refractivity contribution in [1.29, 1.82) is 0 Å². The molecule has 0 amide bonds.